The number of hydrogen-bond donors (Lipinski definition) is 1. The molecule has 0 aliphatic carbocycles. The average Bonchev–Trinajstić information content (AvgIpc) is 2.14. The van der Waals surface area contributed by atoms with Gasteiger partial charge in [0.05, 0.1) is 7.11 Å². The zero-order chi connectivity index (χ0) is 12.3. The molecule has 0 atom stereocenters. The molecule has 0 amide bonds. The van der Waals surface area contributed by atoms with Crippen molar-refractivity contribution < 1.29 is 22.6 Å². The largest absolute Gasteiger partial charge is 0.574 e. The molecule has 0 spiro atoms. The highest BCUT2D eigenvalue weighted by Gasteiger charge is 2.32. The number of alkyl halides is 3. The molecule has 0 saturated heterocycles. The van der Waals surface area contributed by atoms with Gasteiger partial charge in [-0.3, -0.25) is 0 Å². The van der Waals surface area contributed by atoms with Gasteiger partial charge < -0.3 is 15.2 Å². The lowest BCUT2D eigenvalue weighted by molar-refractivity contribution is -0.276. The van der Waals surface area contributed by atoms with Crippen LogP contribution in [0.5, 0.6) is 11.6 Å². The highest BCUT2D eigenvalue weighted by atomic mass is 19.4. The molecule has 0 aliphatic heterocycles. The van der Waals surface area contributed by atoms with E-state index in [-0.39, 0.29) is 17.1 Å². The summed E-state index contributed by atoms with van der Waals surface area (Å²) in [5.74, 6) is -1.30. The van der Waals surface area contributed by atoms with Crippen molar-refractivity contribution in [2.75, 3.05) is 12.8 Å². The zero-order valence-corrected chi connectivity index (χ0v) is 8.00. The Kier molecular flexibility index (Phi) is 3.08. The Hall–Kier alpha value is -2.17. The summed E-state index contributed by atoms with van der Waals surface area (Å²) in [7, 11) is 1.19. The second-order valence-corrected chi connectivity index (χ2v) is 2.58. The second kappa shape index (κ2) is 4.14. The summed E-state index contributed by atoms with van der Waals surface area (Å²) < 4.78 is 43.9. The van der Waals surface area contributed by atoms with Crippen LogP contribution < -0.4 is 15.2 Å². The molecule has 1 aromatic heterocycles. The fraction of sp³-hybridized carbons (Fsp3) is 0.250. The molecular weight excluding hydrogens is 227 g/mol. The predicted octanol–water partition coefficient (Wildman–Crippen LogP) is 1.44. The smallest absolute Gasteiger partial charge is 0.495 e. The van der Waals surface area contributed by atoms with E-state index in [1.54, 1.807) is 6.07 Å². The second-order valence-electron chi connectivity index (χ2n) is 2.58. The van der Waals surface area contributed by atoms with Crippen molar-refractivity contribution in [1.29, 1.82) is 5.26 Å². The van der Waals surface area contributed by atoms with Gasteiger partial charge >= 0.3 is 6.36 Å². The Labute approximate surface area is 88.2 Å². The van der Waals surface area contributed by atoms with Gasteiger partial charge in [0.1, 0.15) is 23.2 Å². The topological polar surface area (TPSA) is 81.2 Å². The van der Waals surface area contributed by atoms with Crippen LogP contribution in [0.3, 0.4) is 0 Å². The van der Waals surface area contributed by atoms with Gasteiger partial charge in [0.2, 0.25) is 5.88 Å². The third kappa shape index (κ3) is 2.66. The molecule has 1 rings (SSSR count). The van der Waals surface area contributed by atoms with E-state index >= 15 is 0 Å². The highest BCUT2D eigenvalue weighted by Crippen LogP contribution is 2.29. The van der Waals surface area contributed by atoms with E-state index in [0.717, 1.165) is 6.07 Å². The van der Waals surface area contributed by atoms with Crippen LogP contribution in [0.4, 0.5) is 19.0 Å². The average molecular weight is 233 g/mol. The number of nitriles is 1. The van der Waals surface area contributed by atoms with Crippen LogP contribution >= 0.6 is 0 Å². The van der Waals surface area contributed by atoms with E-state index in [0.29, 0.717) is 0 Å². The Morgan fingerprint density at radius 2 is 2.12 bits per heavy atom. The van der Waals surface area contributed by atoms with Crippen LogP contribution in [0.25, 0.3) is 0 Å². The van der Waals surface area contributed by atoms with Gasteiger partial charge in [-0.05, 0) is 0 Å². The summed E-state index contributed by atoms with van der Waals surface area (Å²) in [6.45, 7) is 0. The summed E-state index contributed by atoms with van der Waals surface area (Å²) in [6.07, 6.45) is -4.88. The first-order valence-corrected chi connectivity index (χ1v) is 3.87. The number of nitrogen functional groups attached to an aromatic ring is 1. The standard InChI is InChI=1S/C8H6F3N3O2/c1-15-5-2-6(16-8(9,10)11)14-7(13)4(5)3-12/h2H,1H3,(H2,13,14). The van der Waals surface area contributed by atoms with Gasteiger partial charge in [-0.2, -0.15) is 10.2 Å². The molecular formula is C8H6F3N3O2. The van der Waals surface area contributed by atoms with Crippen LogP contribution in [0.2, 0.25) is 0 Å². The minimum absolute atomic E-state index is 0.130. The van der Waals surface area contributed by atoms with Crippen molar-refractivity contribution in [3.63, 3.8) is 0 Å². The molecule has 0 saturated carbocycles. The van der Waals surface area contributed by atoms with Crippen molar-refractivity contribution >= 4 is 5.82 Å². The van der Waals surface area contributed by atoms with E-state index in [1.807, 2.05) is 0 Å². The fourth-order valence-corrected chi connectivity index (χ4v) is 0.962. The van der Waals surface area contributed by atoms with Crippen LogP contribution in [0.15, 0.2) is 6.07 Å². The predicted molar refractivity (Wildman–Crippen MR) is 46.6 cm³/mol. The Morgan fingerprint density at radius 3 is 2.56 bits per heavy atom. The number of rotatable bonds is 2. The third-order valence-electron chi connectivity index (χ3n) is 1.54. The highest BCUT2D eigenvalue weighted by molar-refractivity contribution is 5.58. The maximum atomic E-state index is 11.9. The maximum absolute atomic E-state index is 11.9. The number of nitrogens with two attached hydrogens (primary N) is 1. The molecule has 0 aliphatic rings. The van der Waals surface area contributed by atoms with Crippen molar-refractivity contribution in [1.82, 2.24) is 4.98 Å². The number of nitrogens with zero attached hydrogens (tertiary/aromatic N) is 2. The van der Waals surface area contributed by atoms with Crippen molar-refractivity contribution in [3.8, 4) is 17.7 Å². The first-order valence-electron chi connectivity index (χ1n) is 3.87. The number of aromatic nitrogens is 1. The van der Waals surface area contributed by atoms with E-state index in [4.69, 9.17) is 11.0 Å². The van der Waals surface area contributed by atoms with Gasteiger partial charge in [0.15, 0.2) is 0 Å². The molecule has 5 nitrogen and oxygen atoms in total. The fourth-order valence-electron chi connectivity index (χ4n) is 0.962. The summed E-state index contributed by atoms with van der Waals surface area (Å²) in [4.78, 5) is 3.27. The minimum Gasteiger partial charge on any atom is -0.495 e. The maximum Gasteiger partial charge on any atom is 0.574 e. The molecule has 1 aromatic rings. The normalized spacial score (nSPS) is 10.7. The van der Waals surface area contributed by atoms with Gasteiger partial charge in [-0.1, -0.05) is 0 Å². The van der Waals surface area contributed by atoms with E-state index in [1.165, 1.54) is 7.11 Å². The number of hydrogen-bond acceptors (Lipinski definition) is 5. The third-order valence-corrected chi connectivity index (χ3v) is 1.54. The molecule has 0 fully saturated rings. The number of ether oxygens (including phenoxy) is 2. The Bertz CT molecular complexity index is 439. The van der Waals surface area contributed by atoms with E-state index in [9.17, 15) is 13.2 Å². The summed E-state index contributed by atoms with van der Waals surface area (Å²) >= 11 is 0. The van der Waals surface area contributed by atoms with Crippen LogP contribution in [-0.4, -0.2) is 18.5 Å². The van der Waals surface area contributed by atoms with Crippen molar-refractivity contribution in [2.45, 2.75) is 6.36 Å². The summed E-state index contributed by atoms with van der Waals surface area (Å²) in [5, 5.41) is 8.64. The Morgan fingerprint density at radius 1 is 1.50 bits per heavy atom. The molecule has 16 heavy (non-hydrogen) atoms. The first-order chi connectivity index (χ1) is 7.37. The number of anilines is 1. The van der Waals surface area contributed by atoms with E-state index in [2.05, 4.69) is 14.5 Å². The zero-order valence-electron chi connectivity index (χ0n) is 8.00. The SMILES string of the molecule is COc1cc(OC(F)(F)F)nc(N)c1C#N. The van der Waals surface area contributed by atoms with Crippen LogP contribution in [-0.2, 0) is 0 Å². The quantitative estimate of drug-likeness (QED) is 0.835. The van der Waals surface area contributed by atoms with Gasteiger partial charge in [-0.25, -0.2) is 0 Å². The van der Waals surface area contributed by atoms with Crippen molar-refractivity contribution in [2.24, 2.45) is 0 Å². The molecule has 0 unspecified atom stereocenters. The van der Waals surface area contributed by atoms with Crippen molar-refractivity contribution in [3.05, 3.63) is 11.6 Å². The van der Waals surface area contributed by atoms with Gasteiger partial charge in [0.25, 0.3) is 0 Å². The summed E-state index contributed by atoms with van der Waals surface area (Å²) in [5.41, 5.74) is 5.12. The van der Waals surface area contributed by atoms with E-state index < -0.39 is 12.2 Å². The monoisotopic (exact) mass is 233 g/mol. The number of pyridine rings is 1. The Balaban J connectivity index is 3.17. The van der Waals surface area contributed by atoms with Gasteiger partial charge in [-0.15, -0.1) is 13.2 Å². The molecule has 1 heterocycles. The molecule has 0 aromatic carbocycles. The lowest BCUT2D eigenvalue weighted by atomic mass is 10.2. The molecule has 2 N–H and O–H groups in total. The molecule has 0 bridgehead atoms. The van der Waals surface area contributed by atoms with Gasteiger partial charge in [0, 0.05) is 6.07 Å². The van der Waals surface area contributed by atoms with Crippen LogP contribution in [0.1, 0.15) is 5.56 Å². The lowest BCUT2D eigenvalue weighted by Gasteiger charge is -2.10. The van der Waals surface area contributed by atoms with Crippen LogP contribution in [0, 0.1) is 11.3 Å². The minimum atomic E-state index is -4.88. The number of halogens is 3. The lowest BCUT2D eigenvalue weighted by Crippen LogP contribution is -2.18. The summed E-state index contributed by atoms with van der Waals surface area (Å²) in [6, 6.07) is 2.49. The molecule has 86 valence electrons. The first kappa shape index (κ1) is 11.9. The molecule has 0 radical (unpaired) electrons. The number of methoxy groups -OCH3 is 1. The molecule has 8 heteroatoms.